The molecule has 102 valence electrons. The molecule has 0 saturated carbocycles. The number of hydrogen-bond donors (Lipinski definition) is 0. The van der Waals surface area contributed by atoms with E-state index < -0.39 is 0 Å². The molecule has 0 aliphatic carbocycles. The van der Waals surface area contributed by atoms with Crippen LogP contribution >= 0.6 is 0 Å². The van der Waals surface area contributed by atoms with Crippen LogP contribution in [-0.4, -0.2) is 25.5 Å². The Bertz CT molecular complexity index is 609. The molecule has 0 aromatic carbocycles. The molecule has 2 aromatic heterocycles. The lowest BCUT2D eigenvalue weighted by Gasteiger charge is -2.13. The van der Waals surface area contributed by atoms with E-state index >= 15 is 0 Å². The zero-order valence-corrected chi connectivity index (χ0v) is 12.1. The molecule has 5 heteroatoms. The van der Waals surface area contributed by atoms with E-state index in [1.54, 1.807) is 0 Å². The van der Waals surface area contributed by atoms with Crippen LogP contribution in [0, 0.1) is 27.7 Å². The van der Waals surface area contributed by atoms with Crippen LogP contribution in [0.4, 0.5) is 0 Å². The van der Waals surface area contributed by atoms with Gasteiger partial charge in [0.1, 0.15) is 0 Å². The monoisotopic (exact) mass is 260 g/mol. The Morgan fingerprint density at radius 2 is 1.68 bits per heavy atom. The molecular weight excluding hydrogens is 240 g/mol. The molecule has 19 heavy (non-hydrogen) atoms. The predicted octanol–water partition coefficient (Wildman–Crippen LogP) is 2.60. The largest absolute Gasteiger partial charge is 0.272 e. The molecule has 0 radical (unpaired) electrons. The first-order valence-corrected chi connectivity index (χ1v) is 6.47. The molecule has 2 aromatic rings. The number of carbonyl (C=O) groups excluding carboxylic acids is 1. The van der Waals surface area contributed by atoms with Crippen LogP contribution in [0.5, 0.6) is 0 Å². The SMILES string of the molecule is Cc1cc(C)n(C(=O)CC(C)n2nc(C)cc2C)n1. The third-order valence-corrected chi connectivity index (χ3v) is 3.18. The van der Waals surface area contributed by atoms with Gasteiger partial charge in [0.15, 0.2) is 0 Å². The molecule has 0 saturated heterocycles. The van der Waals surface area contributed by atoms with Crippen molar-refractivity contribution in [1.29, 1.82) is 0 Å². The van der Waals surface area contributed by atoms with E-state index in [9.17, 15) is 4.79 Å². The average molecular weight is 260 g/mol. The lowest BCUT2D eigenvalue weighted by atomic mass is 10.2. The Morgan fingerprint density at radius 3 is 2.16 bits per heavy atom. The first kappa shape index (κ1) is 13.5. The van der Waals surface area contributed by atoms with E-state index in [1.165, 1.54) is 4.68 Å². The summed E-state index contributed by atoms with van der Waals surface area (Å²) in [4.78, 5) is 12.2. The fourth-order valence-corrected chi connectivity index (χ4v) is 2.40. The van der Waals surface area contributed by atoms with Crippen LogP contribution in [0.2, 0.25) is 0 Å². The Balaban J connectivity index is 2.15. The van der Waals surface area contributed by atoms with Gasteiger partial charge in [-0.3, -0.25) is 9.48 Å². The van der Waals surface area contributed by atoms with Crippen molar-refractivity contribution in [3.8, 4) is 0 Å². The molecule has 0 aliphatic heterocycles. The highest BCUT2D eigenvalue weighted by molar-refractivity contribution is 5.79. The van der Waals surface area contributed by atoms with E-state index in [0.29, 0.717) is 6.42 Å². The number of hydrogen-bond acceptors (Lipinski definition) is 3. The van der Waals surface area contributed by atoms with Crippen LogP contribution in [0.1, 0.15) is 47.0 Å². The van der Waals surface area contributed by atoms with Gasteiger partial charge in [-0.15, -0.1) is 0 Å². The molecule has 1 atom stereocenters. The number of rotatable bonds is 3. The first-order valence-electron chi connectivity index (χ1n) is 6.47. The Labute approximate surface area is 113 Å². The summed E-state index contributed by atoms with van der Waals surface area (Å²) >= 11 is 0. The van der Waals surface area contributed by atoms with Gasteiger partial charge in [-0.1, -0.05) is 0 Å². The maximum atomic E-state index is 12.2. The van der Waals surface area contributed by atoms with Gasteiger partial charge in [0.25, 0.3) is 0 Å². The minimum absolute atomic E-state index is 0.00523. The molecule has 5 nitrogen and oxygen atoms in total. The van der Waals surface area contributed by atoms with Crippen molar-refractivity contribution in [1.82, 2.24) is 19.6 Å². The average Bonchev–Trinajstić information content (AvgIpc) is 2.81. The highest BCUT2D eigenvalue weighted by Gasteiger charge is 2.17. The summed E-state index contributed by atoms with van der Waals surface area (Å²) in [5, 5.41) is 8.64. The summed E-state index contributed by atoms with van der Waals surface area (Å²) in [6.07, 6.45) is 0.393. The van der Waals surface area contributed by atoms with Crippen LogP contribution in [-0.2, 0) is 0 Å². The second kappa shape index (κ2) is 4.99. The summed E-state index contributed by atoms with van der Waals surface area (Å²) in [6, 6.07) is 3.96. The Morgan fingerprint density at radius 1 is 1.11 bits per heavy atom. The normalized spacial score (nSPS) is 12.7. The highest BCUT2D eigenvalue weighted by atomic mass is 16.2. The molecule has 0 spiro atoms. The molecule has 2 rings (SSSR count). The van der Waals surface area contributed by atoms with E-state index in [1.807, 2.05) is 51.4 Å². The molecule has 0 N–H and O–H groups in total. The first-order chi connectivity index (χ1) is 8.88. The van der Waals surface area contributed by atoms with Gasteiger partial charge in [0.2, 0.25) is 5.91 Å². The van der Waals surface area contributed by atoms with Gasteiger partial charge >= 0.3 is 0 Å². The Hall–Kier alpha value is -1.91. The van der Waals surface area contributed by atoms with Crippen LogP contribution in [0.3, 0.4) is 0 Å². The van der Waals surface area contributed by atoms with Crippen LogP contribution < -0.4 is 0 Å². The lowest BCUT2D eigenvalue weighted by Crippen LogP contribution is -2.20. The fourth-order valence-electron chi connectivity index (χ4n) is 2.40. The summed E-state index contributed by atoms with van der Waals surface area (Å²) in [6.45, 7) is 9.75. The summed E-state index contributed by atoms with van der Waals surface area (Å²) in [5.74, 6) is 0.00523. The van der Waals surface area contributed by atoms with E-state index in [0.717, 1.165) is 22.8 Å². The molecule has 2 heterocycles. The summed E-state index contributed by atoms with van der Waals surface area (Å²) in [7, 11) is 0. The minimum Gasteiger partial charge on any atom is -0.272 e. The van der Waals surface area contributed by atoms with Crippen molar-refractivity contribution in [2.45, 2.75) is 47.1 Å². The smallest absolute Gasteiger partial charge is 0.249 e. The number of aryl methyl sites for hydroxylation is 4. The standard InChI is InChI=1S/C14H20N4O/c1-9-6-11(3)17(15-9)13(5)8-14(19)18-12(4)7-10(2)16-18/h6-7,13H,8H2,1-5H3. The quantitative estimate of drug-likeness (QED) is 0.852. The molecule has 1 unspecified atom stereocenters. The van der Waals surface area contributed by atoms with Gasteiger partial charge in [0.05, 0.1) is 23.9 Å². The van der Waals surface area contributed by atoms with Crippen molar-refractivity contribution in [2.24, 2.45) is 0 Å². The van der Waals surface area contributed by atoms with E-state index in [4.69, 9.17) is 0 Å². The van der Waals surface area contributed by atoms with Gasteiger partial charge in [-0.05, 0) is 46.8 Å². The third kappa shape index (κ3) is 2.75. The van der Waals surface area contributed by atoms with E-state index in [2.05, 4.69) is 10.2 Å². The van der Waals surface area contributed by atoms with Crippen molar-refractivity contribution >= 4 is 5.91 Å². The maximum Gasteiger partial charge on any atom is 0.249 e. The zero-order chi connectivity index (χ0) is 14.2. The second-order valence-corrected chi connectivity index (χ2v) is 5.16. The van der Waals surface area contributed by atoms with Crippen LogP contribution in [0.15, 0.2) is 12.1 Å². The van der Waals surface area contributed by atoms with Gasteiger partial charge in [-0.25, -0.2) is 4.68 Å². The lowest BCUT2D eigenvalue weighted by molar-refractivity contribution is 0.0863. The second-order valence-electron chi connectivity index (χ2n) is 5.16. The molecule has 0 bridgehead atoms. The fraction of sp³-hybridized carbons (Fsp3) is 0.500. The molecule has 0 amide bonds. The molecule has 0 fully saturated rings. The zero-order valence-electron chi connectivity index (χ0n) is 12.1. The maximum absolute atomic E-state index is 12.2. The minimum atomic E-state index is 0.00523. The number of aromatic nitrogens is 4. The highest BCUT2D eigenvalue weighted by Crippen LogP contribution is 2.15. The van der Waals surface area contributed by atoms with Crippen molar-refractivity contribution < 1.29 is 4.79 Å². The van der Waals surface area contributed by atoms with Gasteiger partial charge in [0, 0.05) is 11.4 Å². The van der Waals surface area contributed by atoms with Crippen molar-refractivity contribution in [3.05, 3.63) is 34.9 Å². The summed E-state index contributed by atoms with van der Waals surface area (Å²) in [5.41, 5.74) is 3.79. The topological polar surface area (TPSA) is 52.7 Å². The predicted molar refractivity (Wildman–Crippen MR) is 73.4 cm³/mol. The third-order valence-electron chi connectivity index (χ3n) is 3.18. The van der Waals surface area contributed by atoms with Crippen molar-refractivity contribution in [2.75, 3.05) is 0 Å². The van der Waals surface area contributed by atoms with Gasteiger partial charge in [-0.2, -0.15) is 10.2 Å². The van der Waals surface area contributed by atoms with Crippen LogP contribution in [0.25, 0.3) is 0 Å². The van der Waals surface area contributed by atoms with E-state index in [-0.39, 0.29) is 11.9 Å². The molecular formula is C14H20N4O. The molecule has 0 aliphatic rings. The number of carbonyl (C=O) groups is 1. The van der Waals surface area contributed by atoms with Crippen molar-refractivity contribution in [3.63, 3.8) is 0 Å². The Kier molecular flexibility index (Phi) is 3.55. The summed E-state index contributed by atoms with van der Waals surface area (Å²) < 4.78 is 3.39. The van der Waals surface area contributed by atoms with Gasteiger partial charge < -0.3 is 0 Å². The number of nitrogens with zero attached hydrogens (tertiary/aromatic N) is 4.